The molecule has 2 aromatic heterocycles. The van der Waals surface area contributed by atoms with Crippen LogP contribution in [-0.2, 0) is 13.1 Å². The second-order valence-electron chi connectivity index (χ2n) is 10.4. The predicted octanol–water partition coefficient (Wildman–Crippen LogP) is 8.67. The Morgan fingerprint density at radius 3 is 1.28 bits per heavy atom. The molecule has 0 aliphatic carbocycles. The van der Waals surface area contributed by atoms with Gasteiger partial charge >= 0.3 is 0 Å². The number of hydrogen-bond acceptors (Lipinski definition) is 4. The van der Waals surface area contributed by atoms with Crippen molar-refractivity contribution in [3.05, 3.63) is 24.8 Å². The SMILES string of the molecule is CCCCCCCn1ccnc1NCCCCCCCCCCNc1nccn1CCCCCCC. The number of unbranched alkanes of at least 4 members (excludes halogenated alkanes) is 15. The van der Waals surface area contributed by atoms with Crippen LogP contribution < -0.4 is 10.6 Å². The molecule has 0 aliphatic heterocycles. The average Bonchev–Trinajstić information content (AvgIpc) is 3.53. The van der Waals surface area contributed by atoms with Crippen molar-refractivity contribution in [1.82, 2.24) is 19.1 Å². The van der Waals surface area contributed by atoms with Gasteiger partial charge in [0.15, 0.2) is 0 Å². The predicted molar refractivity (Wildman–Crippen MR) is 156 cm³/mol. The summed E-state index contributed by atoms with van der Waals surface area (Å²) in [5.74, 6) is 2.10. The molecule has 0 unspecified atom stereocenters. The molecule has 0 spiro atoms. The van der Waals surface area contributed by atoms with Gasteiger partial charge in [-0.15, -0.1) is 0 Å². The fourth-order valence-electron chi connectivity index (χ4n) is 4.80. The topological polar surface area (TPSA) is 59.7 Å². The minimum Gasteiger partial charge on any atom is -0.356 e. The highest BCUT2D eigenvalue weighted by Gasteiger charge is 2.03. The average molecular weight is 501 g/mol. The minimum absolute atomic E-state index is 1.03. The molecule has 2 heterocycles. The smallest absolute Gasteiger partial charge is 0.202 e. The Hall–Kier alpha value is -1.98. The molecule has 0 saturated heterocycles. The molecule has 0 amide bonds. The lowest BCUT2D eigenvalue weighted by Crippen LogP contribution is -2.09. The number of aryl methyl sites for hydroxylation is 2. The van der Waals surface area contributed by atoms with Gasteiger partial charge in [-0.2, -0.15) is 0 Å². The number of rotatable bonds is 25. The fourth-order valence-corrected chi connectivity index (χ4v) is 4.80. The quantitative estimate of drug-likeness (QED) is 0.134. The maximum Gasteiger partial charge on any atom is 0.202 e. The van der Waals surface area contributed by atoms with E-state index in [1.54, 1.807) is 0 Å². The van der Waals surface area contributed by atoms with Crippen molar-refractivity contribution < 1.29 is 0 Å². The molecule has 0 bridgehead atoms. The first kappa shape index (κ1) is 30.2. The summed E-state index contributed by atoms with van der Waals surface area (Å²) in [5.41, 5.74) is 0. The van der Waals surface area contributed by atoms with E-state index in [2.05, 4.69) is 56.0 Å². The maximum atomic E-state index is 4.50. The van der Waals surface area contributed by atoms with Crippen LogP contribution in [0.3, 0.4) is 0 Å². The molecule has 6 heteroatoms. The standard InChI is InChI=1S/C30H56N6/c1-3-5-7-15-19-25-35-27-23-33-29(35)31-21-17-13-11-9-10-12-14-18-22-32-30-34-24-28-36(30)26-20-16-8-6-4-2/h23-24,27-28H,3-22,25-26H2,1-2H3,(H,31,33)(H,32,34). The number of imidazole rings is 2. The van der Waals surface area contributed by atoms with Gasteiger partial charge in [-0.25, -0.2) is 9.97 Å². The third-order valence-electron chi connectivity index (χ3n) is 7.11. The fraction of sp³-hybridized carbons (Fsp3) is 0.800. The Kier molecular flexibility index (Phi) is 17.8. The van der Waals surface area contributed by atoms with E-state index in [0.29, 0.717) is 0 Å². The molecule has 2 aromatic rings. The van der Waals surface area contributed by atoms with Crippen molar-refractivity contribution in [2.75, 3.05) is 23.7 Å². The van der Waals surface area contributed by atoms with Gasteiger partial charge in [0.1, 0.15) is 0 Å². The van der Waals surface area contributed by atoms with Crippen LogP contribution in [0.5, 0.6) is 0 Å². The van der Waals surface area contributed by atoms with E-state index in [-0.39, 0.29) is 0 Å². The Bertz CT molecular complexity index is 675. The zero-order valence-electron chi connectivity index (χ0n) is 23.7. The summed E-state index contributed by atoms with van der Waals surface area (Å²) >= 11 is 0. The molecule has 6 nitrogen and oxygen atoms in total. The van der Waals surface area contributed by atoms with Crippen LogP contribution in [0.25, 0.3) is 0 Å². The summed E-state index contributed by atoms with van der Waals surface area (Å²) in [6.45, 7) is 8.78. The van der Waals surface area contributed by atoms with E-state index in [1.807, 2.05) is 12.4 Å². The van der Waals surface area contributed by atoms with Crippen molar-refractivity contribution in [1.29, 1.82) is 0 Å². The zero-order chi connectivity index (χ0) is 25.5. The number of hydrogen-bond donors (Lipinski definition) is 2. The van der Waals surface area contributed by atoms with Crippen molar-refractivity contribution >= 4 is 11.9 Å². The first-order valence-electron chi connectivity index (χ1n) is 15.3. The summed E-state index contributed by atoms with van der Waals surface area (Å²) in [4.78, 5) is 9.00. The second-order valence-corrected chi connectivity index (χ2v) is 10.4. The Labute approximate surface area is 222 Å². The van der Waals surface area contributed by atoms with Gasteiger partial charge in [-0.1, -0.05) is 104 Å². The molecule has 2 N–H and O–H groups in total. The Morgan fingerprint density at radius 2 is 0.861 bits per heavy atom. The van der Waals surface area contributed by atoms with Crippen LogP contribution in [0.15, 0.2) is 24.8 Å². The van der Waals surface area contributed by atoms with Crippen LogP contribution in [0.4, 0.5) is 11.9 Å². The summed E-state index contributed by atoms with van der Waals surface area (Å²) in [7, 11) is 0. The molecule has 36 heavy (non-hydrogen) atoms. The van der Waals surface area contributed by atoms with Gasteiger partial charge in [-0.3, -0.25) is 0 Å². The van der Waals surface area contributed by atoms with Crippen molar-refractivity contribution in [2.24, 2.45) is 0 Å². The Balaban J connectivity index is 1.38. The third kappa shape index (κ3) is 13.9. The molecule has 206 valence electrons. The van der Waals surface area contributed by atoms with Crippen molar-refractivity contribution in [3.8, 4) is 0 Å². The highest BCUT2D eigenvalue weighted by molar-refractivity contribution is 5.26. The van der Waals surface area contributed by atoms with E-state index < -0.39 is 0 Å². The van der Waals surface area contributed by atoms with Crippen LogP contribution in [-0.4, -0.2) is 32.2 Å². The molecule has 0 aliphatic rings. The first-order valence-corrected chi connectivity index (χ1v) is 15.3. The lowest BCUT2D eigenvalue weighted by atomic mass is 10.1. The lowest BCUT2D eigenvalue weighted by Gasteiger charge is -2.10. The molecular formula is C30H56N6. The summed E-state index contributed by atoms with van der Waals surface area (Å²) in [5, 5.41) is 7.09. The maximum absolute atomic E-state index is 4.50. The minimum atomic E-state index is 1.03. The first-order chi connectivity index (χ1) is 17.8. The largest absolute Gasteiger partial charge is 0.356 e. The van der Waals surface area contributed by atoms with Gasteiger partial charge in [0.2, 0.25) is 11.9 Å². The summed E-state index contributed by atoms with van der Waals surface area (Å²) < 4.78 is 4.56. The lowest BCUT2D eigenvalue weighted by molar-refractivity contribution is 0.564. The number of anilines is 2. The van der Waals surface area contributed by atoms with E-state index >= 15 is 0 Å². The highest BCUT2D eigenvalue weighted by Crippen LogP contribution is 2.13. The molecule has 0 saturated carbocycles. The highest BCUT2D eigenvalue weighted by atomic mass is 15.2. The van der Waals surface area contributed by atoms with Crippen molar-refractivity contribution in [3.63, 3.8) is 0 Å². The number of aromatic nitrogens is 4. The number of nitrogens with one attached hydrogen (secondary N) is 2. The Morgan fingerprint density at radius 1 is 0.500 bits per heavy atom. The zero-order valence-corrected chi connectivity index (χ0v) is 23.7. The van der Waals surface area contributed by atoms with Gasteiger partial charge in [-0.05, 0) is 25.7 Å². The van der Waals surface area contributed by atoms with E-state index in [4.69, 9.17) is 0 Å². The second kappa shape index (κ2) is 21.1. The van der Waals surface area contributed by atoms with Gasteiger partial charge in [0.05, 0.1) is 0 Å². The molecular weight excluding hydrogens is 444 g/mol. The third-order valence-corrected chi connectivity index (χ3v) is 7.11. The van der Waals surface area contributed by atoms with Gasteiger partial charge < -0.3 is 19.8 Å². The van der Waals surface area contributed by atoms with Crippen LogP contribution in [0, 0.1) is 0 Å². The summed E-state index contributed by atoms with van der Waals surface area (Å²) in [6, 6.07) is 0. The molecule has 0 atom stereocenters. The van der Waals surface area contributed by atoms with Crippen LogP contribution in [0.1, 0.15) is 129 Å². The number of nitrogens with zero attached hydrogens (tertiary/aromatic N) is 4. The van der Waals surface area contributed by atoms with Gasteiger partial charge in [0, 0.05) is 51.0 Å². The molecule has 0 fully saturated rings. The van der Waals surface area contributed by atoms with E-state index in [9.17, 15) is 0 Å². The van der Waals surface area contributed by atoms with E-state index in [0.717, 1.165) is 38.1 Å². The van der Waals surface area contributed by atoms with Gasteiger partial charge in [0.25, 0.3) is 0 Å². The molecule has 0 radical (unpaired) electrons. The summed E-state index contributed by atoms with van der Waals surface area (Å²) in [6.07, 6.45) is 31.8. The van der Waals surface area contributed by atoms with Crippen LogP contribution in [0.2, 0.25) is 0 Å². The van der Waals surface area contributed by atoms with E-state index in [1.165, 1.54) is 116 Å². The molecule has 0 aromatic carbocycles. The monoisotopic (exact) mass is 500 g/mol. The normalized spacial score (nSPS) is 11.3. The van der Waals surface area contributed by atoms with Crippen LogP contribution >= 0.6 is 0 Å². The molecule has 2 rings (SSSR count). The van der Waals surface area contributed by atoms with Crippen molar-refractivity contribution in [2.45, 2.75) is 143 Å².